The van der Waals surface area contributed by atoms with Crippen LogP contribution in [0.25, 0.3) is 11.0 Å². The van der Waals surface area contributed by atoms with Gasteiger partial charge in [0.05, 0.1) is 7.05 Å². The largest absolute Gasteiger partial charge is 0.353 e. The van der Waals surface area contributed by atoms with Crippen molar-refractivity contribution in [1.82, 2.24) is 9.97 Å². The number of aromatic amines is 1. The number of anilines is 1. The molecule has 4 nitrogen and oxygen atoms in total. The normalized spacial score (nSPS) is 16.9. The van der Waals surface area contributed by atoms with Crippen molar-refractivity contribution < 1.29 is 4.57 Å². The molecule has 0 spiro atoms. The van der Waals surface area contributed by atoms with Crippen molar-refractivity contribution in [3.05, 3.63) is 18.6 Å². The molecule has 1 aliphatic rings. The third-order valence-electron chi connectivity index (χ3n) is 3.35. The van der Waals surface area contributed by atoms with Crippen molar-refractivity contribution >= 4 is 16.9 Å². The Morgan fingerprint density at radius 3 is 2.94 bits per heavy atom. The molecule has 2 aromatic heterocycles. The molecule has 1 aliphatic heterocycles. The number of fused-ring (bicyclic) bond motifs is 1. The molecule has 0 aromatic carbocycles. The molecule has 0 amide bonds. The Kier molecular flexibility index (Phi) is 2.27. The van der Waals surface area contributed by atoms with Crippen LogP contribution in [0.2, 0.25) is 0 Å². The second-order valence-electron chi connectivity index (χ2n) is 4.46. The zero-order valence-corrected chi connectivity index (χ0v) is 9.61. The third-order valence-corrected chi connectivity index (χ3v) is 3.35. The Balaban J connectivity index is 2.08. The lowest BCUT2D eigenvalue weighted by atomic mass is 10.1. The van der Waals surface area contributed by atoms with E-state index in [9.17, 15) is 0 Å². The molecule has 2 aromatic rings. The average Bonchev–Trinajstić information content (AvgIpc) is 2.73. The van der Waals surface area contributed by atoms with E-state index in [1.807, 2.05) is 12.5 Å². The molecule has 0 bridgehead atoms. The van der Waals surface area contributed by atoms with Crippen molar-refractivity contribution in [1.29, 1.82) is 0 Å². The molecule has 3 heterocycles. The summed E-state index contributed by atoms with van der Waals surface area (Å²) in [5, 5.41) is 0. The summed E-state index contributed by atoms with van der Waals surface area (Å²) in [6.45, 7) is 2.27. The summed E-state index contributed by atoms with van der Waals surface area (Å²) >= 11 is 0. The van der Waals surface area contributed by atoms with E-state index in [0.717, 1.165) is 24.4 Å². The van der Waals surface area contributed by atoms with Crippen molar-refractivity contribution in [2.45, 2.75) is 19.3 Å². The first-order chi connectivity index (χ1) is 7.86. The van der Waals surface area contributed by atoms with Gasteiger partial charge in [-0.2, -0.15) is 0 Å². The number of imidazole rings is 1. The molecule has 0 radical (unpaired) electrons. The minimum Gasteiger partial charge on any atom is -0.353 e. The van der Waals surface area contributed by atoms with Crippen molar-refractivity contribution in [3.8, 4) is 0 Å². The summed E-state index contributed by atoms with van der Waals surface area (Å²) in [6.07, 6.45) is 7.81. The SMILES string of the molecule is C[n+]1c[nH]c2c(N3CCCCC3)nccc21. The Morgan fingerprint density at radius 2 is 2.12 bits per heavy atom. The van der Waals surface area contributed by atoms with Crippen LogP contribution in [0, 0.1) is 0 Å². The molecule has 84 valence electrons. The molecule has 0 atom stereocenters. The molecule has 0 saturated carbocycles. The highest BCUT2D eigenvalue weighted by Crippen LogP contribution is 2.23. The van der Waals surface area contributed by atoms with E-state index in [-0.39, 0.29) is 0 Å². The molecule has 1 N–H and O–H groups in total. The van der Waals surface area contributed by atoms with Crippen LogP contribution in [-0.4, -0.2) is 23.1 Å². The van der Waals surface area contributed by atoms with E-state index in [1.54, 1.807) is 0 Å². The summed E-state index contributed by atoms with van der Waals surface area (Å²) in [6, 6.07) is 2.05. The highest BCUT2D eigenvalue weighted by atomic mass is 15.2. The average molecular weight is 217 g/mol. The predicted octanol–water partition coefficient (Wildman–Crippen LogP) is 1.38. The van der Waals surface area contributed by atoms with E-state index in [2.05, 4.69) is 32.5 Å². The summed E-state index contributed by atoms with van der Waals surface area (Å²) in [5.41, 5.74) is 2.38. The van der Waals surface area contributed by atoms with Crippen molar-refractivity contribution in [2.24, 2.45) is 7.05 Å². The van der Waals surface area contributed by atoms with E-state index < -0.39 is 0 Å². The number of aromatic nitrogens is 3. The number of nitrogens with one attached hydrogen (secondary N) is 1. The van der Waals surface area contributed by atoms with Gasteiger partial charge in [-0.25, -0.2) is 14.5 Å². The molecule has 3 rings (SSSR count). The van der Waals surface area contributed by atoms with Gasteiger partial charge >= 0.3 is 0 Å². The number of H-pyrrole nitrogens is 1. The van der Waals surface area contributed by atoms with Gasteiger partial charge in [-0.15, -0.1) is 0 Å². The molecular formula is C12H17N4+. The maximum atomic E-state index is 4.53. The number of piperidine rings is 1. The lowest BCUT2D eigenvalue weighted by Crippen LogP contribution is -2.30. The second kappa shape index (κ2) is 3.77. The number of pyridine rings is 1. The monoisotopic (exact) mass is 217 g/mol. The highest BCUT2D eigenvalue weighted by molar-refractivity contribution is 5.83. The van der Waals surface area contributed by atoms with Crippen LogP contribution in [0.5, 0.6) is 0 Å². The van der Waals surface area contributed by atoms with Crippen LogP contribution in [0.3, 0.4) is 0 Å². The summed E-state index contributed by atoms with van der Waals surface area (Å²) in [5.74, 6) is 1.11. The Morgan fingerprint density at radius 1 is 1.31 bits per heavy atom. The first kappa shape index (κ1) is 9.63. The maximum absolute atomic E-state index is 4.53. The Bertz CT molecular complexity index is 497. The minimum absolute atomic E-state index is 1.11. The van der Waals surface area contributed by atoms with Crippen LogP contribution in [0.4, 0.5) is 5.82 Å². The van der Waals surface area contributed by atoms with Crippen LogP contribution in [0.15, 0.2) is 18.6 Å². The standard InChI is InChI=1S/C12H16N4/c1-15-9-14-11-10(15)5-6-13-12(11)16-7-3-2-4-8-16/h5-6,9H,2-4,7-8H2,1H3/p+1. The zero-order valence-electron chi connectivity index (χ0n) is 9.61. The second-order valence-corrected chi connectivity index (χ2v) is 4.46. The van der Waals surface area contributed by atoms with Crippen LogP contribution in [-0.2, 0) is 7.05 Å². The Hall–Kier alpha value is -1.58. The lowest BCUT2D eigenvalue weighted by molar-refractivity contribution is -0.644. The topological polar surface area (TPSA) is 35.8 Å². The quantitative estimate of drug-likeness (QED) is 0.732. The molecule has 4 heteroatoms. The van der Waals surface area contributed by atoms with Crippen LogP contribution >= 0.6 is 0 Å². The molecule has 0 unspecified atom stereocenters. The third kappa shape index (κ3) is 1.45. The molecule has 1 fully saturated rings. The van der Waals surface area contributed by atoms with E-state index in [1.165, 1.54) is 24.8 Å². The number of rotatable bonds is 1. The maximum Gasteiger partial charge on any atom is 0.242 e. The fraction of sp³-hybridized carbons (Fsp3) is 0.500. The summed E-state index contributed by atoms with van der Waals surface area (Å²) in [7, 11) is 2.05. The number of nitrogens with zero attached hydrogens (tertiary/aromatic N) is 3. The van der Waals surface area contributed by atoms with Gasteiger partial charge in [-0.1, -0.05) is 0 Å². The number of hydrogen-bond donors (Lipinski definition) is 1. The van der Waals surface area contributed by atoms with Gasteiger partial charge in [-0.3, -0.25) is 0 Å². The van der Waals surface area contributed by atoms with Gasteiger partial charge in [0.15, 0.2) is 11.3 Å². The van der Waals surface area contributed by atoms with Crippen LogP contribution in [0.1, 0.15) is 19.3 Å². The van der Waals surface area contributed by atoms with E-state index >= 15 is 0 Å². The van der Waals surface area contributed by atoms with Gasteiger partial charge < -0.3 is 4.90 Å². The molecular weight excluding hydrogens is 200 g/mol. The first-order valence-electron chi connectivity index (χ1n) is 5.93. The Labute approximate surface area is 94.9 Å². The fourth-order valence-electron chi connectivity index (χ4n) is 2.45. The van der Waals surface area contributed by atoms with E-state index in [4.69, 9.17) is 0 Å². The smallest absolute Gasteiger partial charge is 0.242 e. The van der Waals surface area contributed by atoms with Gasteiger partial charge in [-0.05, 0) is 19.3 Å². The summed E-state index contributed by atoms with van der Waals surface area (Å²) < 4.78 is 2.10. The number of hydrogen-bond acceptors (Lipinski definition) is 2. The van der Waals surface area contributed by atoms with Gasteiger partial charge in [0.2, 0.25) is 11.8 Å². The fourth-order valence-corrected chi connectivity index (χ4v) is 2.45. The van der Waals surface area contributed by atoms with Gasteiger partial charge in [0.1, 0.15) is 0 Å². The lowest BCUT2D eigenvalue weighted by Gasteiger charge is -2.26. The first-order valence-corrected chi connectivity index (χ1v) is 5.93. The van der Waals surface area contributed by atoms with Crippen LogP contribution < -0.4 is 9.47 Å². The minimum atomic E-state index is 1.11. The zero-order chi connectivity index (χ0) is 11.0. The molecule has 0 aliphatic carbocycles. The molecule has 16 heavy (non-hydrogen) atoms. The van der Waals surface area contributed by atoms with E-state index in [0.29, 0.717) is 0 Å². The van der Waals surface area contributed by atoms with Gasteiger partial charge in [0, 0.05) is 25.4 Å². The number of aryl methyl sites for hydroxylation is 1. The summed E-state index contributed by atoms with van der Waals surface area (Å²) in [4.78, 5) is 10.2. The highest BCUT2D eigenvalue weighted by Gasteiger charge is 2.19. The van der Waals surface area contributed by atoms with Gasteiger partial charge in [0.25, 0.3) is 0 Å². The predicted molar refractivity (Wildman–Crippen MR) is 63.3 cm³/mol. The van der Waals surface area contributed by atoms with Crippen molar-refractivity contribution in [3.63, 3.8) is 0 Å². The van der Waals surface area contributed by atoms with Crippen molar-refractivity contribution in [2.75, 3.05) is 18.0 Å². The molecule has 1 saturated heterocycles.